The fourth-order valence-electron chi connectivity index (χ4n) is 3.18. The molecule has 0 saturated heterocycles. The molecule has 1 aromatic heterocycles. The second-order valence-corrected chi connectivity index (χ2v) is 7.84. The van der Waals surface area contributed by atoms with Gasteiger partial charge in [-0.05, 0) is 44.9 Å². The Kier molecular flexibility index (Phi) is 5.17. The highest BCUT2D eigenvalue weighted by molar-refractivity contribution is 5.96. The first-order chi connectivity index (χ1) is 12.7. The van der Waals surface area contributed by atoms with Gasteiger partial charge in [-0.15, -0.1) is 0 Å². The Morgan fingerprint density at radius 1 is 1.30 bits per heavy atom. The van der Waals surface area contributed by atoms with Gasteiger partial charge in [0.25, 0.3) is 0 Å². The molecule has 1 aromatic carbocycles. The smallest absolute Gasteiger partial charge is 0.408 e. The number of nitrogens with one attached hydrogen (secondary N) is 2. The maximum Gasteiger partial charge on any atom is 0.408 e. The van der Waals surface area contributed by atoms with Crippen LogP contribution < -0.4 is 10.6 Å². The highest BCUT2D eigenvalue weighted by Gasteiger charge is 2.36. The molecule has 2 N–H and O–H groups in total. The molecule has 0 bridgehead atoms. The van der Waals surface area contributed by atoms with E-state index in [0.717, 1.165) is 22.5 Å². The molecule has 0 aliphatic carbocycles. The maximum absolute atomic E-state index is 12.8. The molecule has 0 saturated carbocycles. The van der Waals surface area contributed by atoms with Crippen LogP contribution in [0.1, 0.15) is 43.6 Å². The highest BCUT2D eigenvalue weighted by atomic mass is 16.6. The summed E-state index contributed by atoms with van der Waals surface area (Å²) in [7, 11) is 0. The predicted octanol–water partition coefficient (Wildman–Crippen LogP) is 3.77. The van der Waals surface area contributed by atoms with E-state index in [2.05, 4.69) is 15.6 Å². The highest BCUT2D eigenvalue weighted by Crippen LogP contribution is 2.32. The number of aromatic nitrogens is 1. The van der Waals surface area contributed by atoms with Crippen LogP contribution in [0.2, 0.25) is 0 Å². The zero-order chi connectivity index (χ0) is 19.6. The summed E-state index contributed by atoms with van der Waals surface area (Å²) in [5.41, 5.74) is 2.77. The Morgan fingerprint density at radius 2 is 2.00 bits per heavy atom. The number of rotatable bonds is 3. The Hall–Kier alpha value is -2.89. The number of alkyl carbamates (subject to hydrolysis) is 1. The van der Waals surface area contributed by atoms with Crippen molar-refractivity contribution in [3.05, 3.63) is 59.4 Å². The molecule has 2 aromatic rings. The molecule has 3 rings (SSSR count). The third-order valence-corrected chi connectivity index (χ3v) is 4.35. The average molecular weight is 367 g/mol. The summed E-state index contributed by atoms with van der Waals surface area (Å²) in [5, 5.41) is 5.81. The number of anilines is 1. The fourth-order valence-corrected chi connectivity index (χ4v) is 3.18. The Balaban J connectivity index is 1.90. The molecule has 2 atom stereocenters. The number of nitrogens with zero attached hydrogens (tertiary/aromatic N) is 1. The molecule has 2 amide bonds. The Bertz CT molecular complexity index is 843. The van der Waals surface area contributed by atoms with Crippen molar-refractivity contribution in [3.63, 3.8) is 0 Å². The molecule has 142 valence electrons. The molecule has 6 heteroatoms. The van der Waals surface area contributed by atoms with Crippen LogP contribution in [0.5, 0.6) is 0 Å². The van der Waals surface area contributed by atoms with Crippen molar-refractivity contribution in [1.82, 2.24) is 10.3 Å². The molecule has 1 aliphatic heterocycles. The number of pyridine rings is 1. The molecular weight excluding hydrogens is 342 g/mol. The van der Waals surface area contributed by atoms with Gasteiger partial charge in [-0.25, -0.2) is 4.79 Å². The molecule has 6 nitrogen and oxygen atoms in total. The second-order valence-electron chi connectivity index (χ2n) is 7.84. The van der Waals surface area contributed by atoms with Gasteiger partial charge in [-0.1, -0.05) is 30.3 Å². The lowest BCUT2D eigenvalue weighted by Gasteiger charge is -2.32. The first-order valence-corrected chi connectivity index (χ1v) is 9.04. The summed E-state index contributed by atoms with van der Waals surface area (Å²) >= 11 is 0. The normalized spacial score (nSPS) is 17.5. The van der Waals surface area contributed by atoms with Crippen LogP contribution in [-0.2, 0) is 16.0 Å². The van der Waals surface area contributed by atoms with Crippen LogP contribution in [0.4, 0.5) is 10.5 Å². The quantitative estimate of drug-likeness (QED) is 0.865. The van der Waals surface area contributed by atoms with Gasteiger partial charge in [0.05, 0.1) is 23.3 Å². The SMILES string of the molecule is Cc1cnc2c(c1)NC(=O)C([C@H](NC(=O)OC(C)(C)C)c1ccccc1)C2. The Morgan fingerprint density at radius 3 is 2.67 bits per heavy atom. The van der Waals surface area contributed by atoms with E-state index in [1.54, 1.807) is 27.0 Å². The van der Waals surface area contributed by atoms with Crippen LogP contribution in [0.15, 0.2) is 42.6 Å². The molecule has 2 heterocycles. The number of hydrogen-bond donors (Lipinski definition) is 2. The first kappa shape index (κ1) is 18.9. The van der Waals surface area contributed by atoms with E-state index in [9.17, 15) is 9.59 Å². The van der Waals surface area contributed by atoms with Gasteiger partial charge in [0.15, 0.2) is 0 Å². The van der Waals surface area contributed by atoms with Gasteiger partial charge in [-0.2, -0.15) is 0 Å². The van der Waals surface area contributed by atoms with E-state index in [1.165, 1.54) is 0 Å². The van der Waals surface area contributed by atoms with Gasteiger partial charge < -0.3 is 15.4 Å². The van der Waals surface area contributed by atoms with Crippen molar-refractivity contribution in [2.75, 3.05) is 5.32 Å². The minimum absolute atomic E-state index is 0.139. The van der Waals surface area contributed by atoms with E-state index >= 15 is 0 Å². The Labute approximate surface area is 159 Å². The number of carbonyl (C=O) groups excluding carboxylic acids is 2. The number of amides is 2. The zero-order valence-corrected chi connectivity index (χ0v) is 16.1. The number of benzene rings is 1. The molecule has 1 unspecified atom stereocenters. The number of hydrogen-bond acceptors (Lipinski definition) is 4. The van der Waals surface area contributed by atoms with E-state index in [0.29, 0.717) is 6.42 Å². The van der Waals surface area contributed by atoms with Crippen molar-refractivity contribution in [2.24, 2.45) is 5.92 Å². The lowest BCUT2D eigenvalue weighted by atomic mass is 9.85. The van der Waals surface area contributed by atoms with Gasteiger partial charge in [0, 0.05) is 12.6 Å². The standard InChI is InChI=1S/C21H25N3O3/c1-13-10-17-16(22-12-13)11-15(19(25)23-17)18(14-8-6-5-7-9-14)24-20(26)27-21(2,3)4/h5-10,12,15,18H,11H2,1-4H3,(H,23,25)(H,24,26)/t15?,18-/m1/s1. The number of carbonyl (C=O) groups is 2. The van der Waals surface area contributed by atoms with Crippen molar-refractivity contribution in [3.8, 4) is 0 Å². The molecular formula is C21H25N3O3. The fraction of sp³-hybridized carbons (Fsp3) is 0.381. The van der Waals surface area contributed by atoms with Crippen LogP contribution in [-0.4, -0.2) is 22.6 Å². The van der Waals surface area contributed by atoms with Crippen molar-refractivity contribution < 1.29 is 14.3 Å². The third kappa shape index (κ3) is 4.64. The molecule has 0 radical (unpaired) electrons. The van der Waals surface area contributed by atoms with Crippen molar-refractivity contribution in [2.45, 2.75) is 45.8 Å². The summed E-state index contributed by atoms with van der Waals surface area (Å²) in [6.07, 6.45) is 1.68. The number of ether oxygens (including phenoxy) is 1. The lowest BCUT2D eigenvalue weighted by molar-refractivity contribution is -0.121. The van der Waals surface area contributed by atoms with Crippen LogP contribution in [0, 0.1) is 12.8 Å². The van der Waals surface area contributed by atoms with E-state index in [1.807, 2.05) is 43.3 Å². The second kappa shape index (κ2) is 7.39. The van der Waals surface area contributed by atoms with Gasteiger partial charge in [0.1, 0.15) is 5.60 Å². The average Bonchev–Trinajstić information content (AvgIpc) is 2.58. The van der Waals surface area contributed by atoms with Crippen molar-refractivity contribution in [1.29, 1.82) is 0 Å². The third-order valence-electron chi connectivity index (χ3n) is 4.35. The summed E-state index contributed by atoms with van der Waals surface area (Å²) in [6.45, 7) is 7.35. The summed E-state index contributed by atoms with van der Waals surface area (Å²) < 4.78 is 5.40. The molecule has 0 spiro atoms. The number of fused-ring (bicyclic) bond motifs is 1. The van der Waals surface area contributed by atoms with E-state index < -0.39 is 23.7 Å². The van der Waals surface area contributed by atoms with E-state index in [-0.39, 0.29) is 5.91 Å². The zero-order valence-electron chi connectivity index (χ0n) is 16.1. The van der Waals surface area contributed by atoms with E-state index in [4.69, 9.17) is 4.74 Å². The van der Waals surface area contributed by atoms with Gasteiger partial charge >= 0.3 is 6.09 Å². The largest absolute Gasteiger partial charge is 0.444 e. The van der Waals surface area contributed by atoms with Crippen LogP contribution in [0.25, 0.3) is 0 Å². The summed E-state index contributed by atoms with van der Waals surface area (Å²) in [5.74, 6) is -0.623. The maximum atomic E-state index is 12.8. The van der Waals surface area contributed by atoms with Crippen LogP contribution in [0.3, 0.4) is 0 Å². The summed E-state index contributed by atoms with van der Waals surface area (Å²) in [4.78, 5) is 29.7. The van der Waals surface area contributed by atoms with Crippen molar-refractivity contribution >= 4 is 17.7 Å². The monoisotopic (exact) mass is 367 g/mol. The topological polar surface area (TPSA) is 80.3 Å². The number of aryl methyl sites for hydroxylation is 1. The minimum Gasteiger partial charge on any atom is -0.444 e. The lowest BCUT2D eigenvalue weighted by Crippen LogP contribution is -2.43. The molecule has 1 aliphatic rings. The molecule has 27 heavy (non-hydrogen) atoms. The molecule has 0 fully saturated rings. The summed E-state index contributed by atoms with van der Waals surface area (Å²) in [6, 6.07) is 10.9. The van der Waals surface area contributed by atoms with Gasteiger partial charge in [-0.3, -0.25) is 9.78 Å². The van der Waals surface area contributed by atoms with Gasteiger partial charge in [0.2, 0.25) is 5.91 Å². The minimum atomic E-state index is -0.619. The van der Waals surface area contributed by atoms with Crippen LogP contribution >= 0.6 is 0 Å². The predicted molar refractivity (Wildman–Crippen MR) is 103 cm³/mol. The first-order valence-electron chi connectivity index (χ1n) is 9.04.